The smallest absolute Gasteiger partial charge is 0.0526 e. The van der Waals surface area contributed by atoms with Gasteiger partial charge >= 0.3 is 0 Å². The standard InChI is InChI=1S/C17H21ClN2S/c1-2-19-11-13-5-6-14(18)10-17(13)20(15-7-8-15)12-16-4-3-9-21-16/h3-6,9-10,15,19H,2,7-8,11-12H2,1H3. The van der Waals surface area contributed by atoms with Crippen LogP contribution in [0.5, 0.6) is 0 Å². The fourth-order valence-electron chi connectivity index (χ4n) is 2.58. The highest BCUT2D eigenvalue weighted by atomic mass is 35.5. The van der Waals surface area contributed by atoms with Crippen LogP contribution in [0.1, 0.15) is 30.2 Å². The van der Waals surface area contributed by atoms with E-state index in [1.807, 2.05) is 17.4 Å². The Labute approximate surface area is 135 Å². The molecule has 3 rings (SSSR count). The lowest BCUT2D eigenvalue weighted by Crippen LogP contribution is -2.26. The number of anilines is 1. The van der Waals surface area contributed by atoms with Gasteiger partial charge in [-0.25, -0.2) is 0 Å². The van der Waals surface area contributed by atoms with Gasteiger partial charge in [0.05, 0.1) is 6.54 Å². The minimum absolute atomic E-state index is 0.672. The molecule has 1 aliphatic rings. The minimum atomic E-state index is 0.672. The average Bonchev–Trinajstić information content (AvgIpc) is 3.20. The van der Waals surface area contributed by atoms with E-state index in [0.29, 0.717) is 6.04 Å². The molecule has 1 heterocycles. The molecule has 0 unspecified atom stereocenters. The van der Waals surface area contributed by atoms with Crippen molar-refractivity contribution in [3.8, 4) is 0 Å². The molecule has 1 N–H and O–H groups in total. The van der Waals surface area contributed by atoms with Gasteiger partial charge in [0.2, 0.25) is 0 Å². The van der Waals surface area contributed by atoms with Gasteiger partial charge in [-0.1, -0.05) is 30.7 Å². The lowest BCUT2D eigenvalue weighted by molar-refractivity contribution is 0.716. The van der Waals surface area contributed by atoms with Crippen LogP contribution in [0.3, 0.4) is 0 Å². The molecule has 4 heteroatoms. The molecule has 0 aliphatic heterocycles. The Morgan fingerprint density at radius 2 is 2.19 bits per heavy atom. The molecular weight excluding hydrogens is 300 g/mol. The highest BCUT2D eigenvalue weighted by molar-refractivity contribution is 7.09. The zero-order valence-corrected chi connectivity index (χ0v) is 13.9. The van der Waals surface area contributed by atoms with E-state index in [9.17, 15) is 0 Å². The predicted molar refractivity (Wildman–Crippen MR) is 92.4 cm³/mol. The summed E-state index contributed by atoms with van der Waals surface area (Å²) in [6.45, 7) is 5.01. The number of hydrogen-bond acceptors (Lipinski definition) is 3. The van der Waals surface area contributed by atoms with Gasteiger partial charge < -0.3 is 10.2 Å². The molecule has 0 atom stereocenters. The molecule has 2 aromatic rings. The van der Waals surface area contributed by atoms with Crippen molar-refractivity contribution in [3.05, 3.63) is 51.2 Å². The molecule has 0 spiro atoms. The lowest BCUT2D eigenvalue weighted by Gasteiger charge is -2.27. The second-order valence-corrected chi connectivity index (χ2v) is 6.96. The molecule has 1 aromatic heterocycles. The summed E-state index contributed by atoms with van der Waals surface area (Å²) in [6.07, 6.45) is 2.58. The zero-order chi connectivity index (χ0) is 14.7. The number of halogens is 1. The summed E-state index contributed by atoms with van der Waals surface area (Å²) in [5, 5.41) is 6.40. The van der Waals surface area contributed by atoms with E-state index in [4.69, 9.17) is 11.6 Å². The number of benzene rings is 1. The van der Waals surface area contributed by atoms with Crippen molar-refractivity contribution in [3.63, 3.8) is 0 Å². The first-order valence-electron chi connectivity index (χ1n) is 7.56. The lowest BCUT2D eigenvalue weighted by atomic mass is 10.1. The van der Waals surface area contributed by atoms with E-state index in [1.54, 1.807) is 0 Å². The molecule has 1 aliphatic carbocycles. The Kier molecular flexibility index (Phi) is 4.84. The van der Waals surface area contributed by atoms with Crippen LogP contribution >= 0.6 is 22.9 Å². The fourth-order valence-corrected chi connectivity index (χ4v) is 3.45. The van der Waals surface area contributed by atoms with Gasteiger partial charge in [-0.15, -0.1) is 11.3 Å². The molecule has 1 saturated carbocycles. The van der Waals surface area contributed by atoms with E-state index >= 15 is 0 Å². The quantitative estimate of drug-likeness (QED) is 0.797. The Balaban J connectivity index is 1.88. The van der Waals surface area contributed by atoms with Gasteiger partial charge in [-0.05, 0) is 48.5 Å². The van der Waals surface area contributed by atoms with Gasteiger partial charge in [-0.2, -0.15) is 0 Å². The molecule has 1 fully saturated rings. The third kappa shape index (κ3) is 3.79. The normalized spacial score (nSPS) is 14.4. The van der Waals surface area contributed by atoms with Crippen LogP contribution in [0.4, 0.5) is 5.69 Å². The zero-order valence-electron chi connectivity index (χ0n) is 12.3. The van der Waals surface area contributed by atoms with Crippen molar-refractivity contribution in [2.24, 2.45) is 0 Å². The number of nitrogens with zero attached hydrogens (tertiary/aromatic N) is 1. The van der Waals surface area contributed by atoms with Crippen molar-refractivity contribution in [1.29, 1.82) is 0 Å². The number of thiophene rings is 1. The Morgan fingerprint density at radius 3 is 2.86 bits per heavy atom. The van der Waals surface area contributed by atoms with E-state index < -0.39 is 0 Å². The highest BCUT2D eigenvalue weighted by Gasteiger charge is 2.30. The summed E-state index contributed by atoms with van der Waals surface area (Å²) in [5.74, 6) is 0. The summed E-state index contributed by atoms with van der Waals surface area (Å²) in [6, 6.07) is 11.3. The van der Waals surface area contributed by atoms with Gasteiger partial charge in [0.1, 0.15) is 0 Å². The molecule has 2 nitrogen and oxygen atoms in total. The van der Waals surface area contributed by atoms with Crippen LogP contribution in [0, 0.1) is 0 Å². The monoisotopic (exact) mass is 320 g/mol. The molecule has 0 bridgehead atoms. The summed E-state index contributed by atoms with van der Waals surface area (Å²) in [5.41, 5.74) is 2.63. The maximum absolute atomic E-state index is 6.26. The highest BCUT2D eigenvalue weighted by Crippen LogP contribution is 2.36. The molecular formula is C17H21ClN2S. The second kappa shape index (κ2) is 6.82. The van der Waals surface area contributed by atoms with E-state index in [-0.39, 0.29) is 0 Å². The van der Waals surface area contributed by atoms with E-state index in [1.165, 1.54) is 29.0 Å². The number of nitrogens with one attached hydrogen (secondary N) is 1. The summed E-state index contributed by atoms with van der Waals surface area (Å²) < 4.78 is 0. The Hall–Kier alpha value is -1.03. The third-order valence-electron chi connectivity index (χ3n) is 3.82. The Bertz CT molecular complexity index is 578. The molecule has 1 aromatic carbocycles. The maximum Gasteiger partial charge on any atom is 0.0526 e. The summed E-state index contributed by atoms with van der Waals surface area (Å²) >= 11 is 8.09. The molecule has 0 amide bonds. The molecule has 112 valence electrons. The van der Waals surface area contributed by atoms with Crippen molar-refractivity contribution >= 4 is 28.6 Å². The Morgan fingerprint density at radius 1 is 1.33 bits per heavy atom. The topological polar surface area (TPSA) is 15.3 Å². The summed E-state index contributed by atoms with van der Waals surface area (Å²) in [7, 11) is 0. The van der Waals surface area contributed by atoms with Crippen molar-refractivity contribution in [1.82, 2.24) is 5.32 Å². The van der Waals surface area contributed by atoms with Gasteiger partial charge in [0.25, 0.3) is 0 Å². The van der Waals surface area contributed by atoms with Gasteiger partial charge in [-0.3, -0.25) is 0 Å². The summed E-state index contributed by atoms with van der Waals surface area (Å²) in [4.78, 5) is 3.95. The fraction of sp³-hybridized carbons (Fsp3) is 0.412. The van der Waals surface area contributed by atoms with Crippen LogP contribution in [-0.2, 0) is 13.1 Å². The number of hydrogen-bond donors (Lipinski definition) is 1. The first-order chi connectivity index (χ1) is 10.3. The first-order valence-corrected chi connectivity index (χ1v) is 8.82. The SMILES string of the molecule is CCNCc1ccc(Cl)cc1N(Cc1cccs1)C1CC1. The molecule has 21 heavy (non-hydrogen) atoms. The van der Waals surface area contributed by atoms with E-state index in [0.717, 1.165) is 24.7 Å². The third-order valence-corrected chi connectivity index (χ3v) is 4.91. The minimum Gasteiger partial charge on any atom is -0.363 e. The maximum atomic E-state index is 6.26. The van der Waals surface area contributed by atoms with E-state index in [2.05, 4.69) is 46.8 Å². The van der Waals surface area contributed by atoms with Gasteiger partial charge in [0.15, 0.2) is 0 Å². The van der Waals surface area contributed by atoms with Crippen molar-refractivity contribution < 1.29 is 0 Å². The number of rotatable bonds is 7. The van der Waals surface area contributed by atoms with Crippen LogP contribution < -0.4 is 10.2 Å². The predicted octanol–water partition coefficient (Wildman–Crippen LogP) is 4.68. The van der Waals surface area contributed by atoms with Crippen LogP contribution in [0.2, 0.25) is 5.02 Å². The van der Waals surface area contributed by atoms with Crippen molar-refractivity contribution in [2.75, 3.05) is 11.4 Å². The average molecular weight is 321 g/mol. The van der Waals surface area contributed by atoms with Crippen LogP contribution in [-0.4, -0.2) is 12.6 Å². The van der Waals surface area contributed by atoms with Crippen LogP contribution in [0.25, 0.3) is 0 Å². The second-order valence-electron chi connectivity index (χ2n) is 5.49. The van der Waals surface area contributed by atoms with Gasteiger partial charge in [0, 0.05) is 28.2 Å². The van der Waals surface area contributed by atoms with Crippen molar-refractivity contribution in [2.45, 2.75) is 38.9 Å². The van der Waals surface area contributed by atoms with Crippen LogP contribution in [0.15, 0.2) is 35.7 Å². The molecule has 0 radical (unpaired) electrons. The largest absolute Gasteiger partial charge is 0.363 e. The molecule has 0 saturated heterocycles. The first kappa shape index (κ1) is 14.9.